The van der Waals surface area contributed by atoms with Gasteiger partial charge < -0.3 is 20.1 Å². The molecule has 2 rings (SSSR count). The molecule has 9 heteroatoms. The highest BCUT2D eigenvalue weighted by molar-refractivity contribution is 5.85. The highest BCUT2D eigenvalue weighted by atomic mass is 19.1. The zero-order valence-electron chi connectivity index (χ0n) is 13.5. The molecule has 2 atom stereocenters. The van der Waals surface area contributed by atoms with Gasteiger partial charge in [-0.3, -0.25) is 9.59 Å². The van der Waals surface area contributed by atoms with Crippen LogP contribution < -0.4 is 5.32 Å². The molecule has 1 fully saturated rings. The maximum absolute atomic E-state index is 14.0. The molecule has 0 saturated carbocycles. The zero-order valence-corrected chi connectivity index (χ0v) is 13.5. The van der Waals surface area contributed by atoms with Crippen molar-refractivity contribution in [3.05, 3.63) is 35.4 Å². The number of morpholine rings is 1. The summed E-state index contributed by atoms with van der Waals surface area (Å²) < 4.78 is 33.1. The van der Waals surface area contributed by atoms with Crippen LogP contribution in [0.15, 0.2) is 18.2 Å². The van der Waals surface area contributed by atoms with Gasteiger partial charge in [0.2, 0.25) is 11.8 Å². The van der Waals surface area contributed by atoms with Gasteiger partial charge >= 0.3 is 5.97 Å². The Kier molecular flexibility index (Phi) is 6.02. The van der Waals surface area contributed by atoms with Crippen molar-refractivity contribution in [1.29, 1.82) is 0 Å². The predicted octanol–water partition coefficient (Wildman–Crippen LogP) is 0.844. The van der Waals surface area contributed by atoms with Crippen molar-refractivity contribution >= 4 is 17.8 Å². The average Bonchev–Trinajstić information content (AvgIpc) is 2.53. The van der Waals surface area contributed by atoms with Crippen LogP contribution in [0.4, 0.5) is 8.78 Å². The first-order chi connectivity index (χ1) is 11.8. The second-order valence-electron chi connectivity index (χ2n) is 5.61. The number of rotatable bonds is 5. The normalized spacial score (nSPS) is 18.5. The van der Waals surface area contributed by atoms with Gasteiger partial charge in [0.25, 0.3) is 0 Å². The Morgan fingerprint density at radius 3 is 2.56 bits per heavy atom. The highest BCUT2D eigenvalue weighted by Crippen LogP contribution is 2.25. The van der Waals surface area contributed by atoms with E-state index < -0.39 is 53.5 Å². The van der Waals surface area contributed by atoms with Gasteiger partial charge in [-0.05, 0) is 12.1 Å². The quantitative estimate of drug-likeness (QED) is 0.815. The van der Waals surface area contributed by atoms with E-state index in [1.165, 1.54) is 6.07 Å². The van der Waals surface area contributed by atoms with Crippen molar-refractivity contribution in [2.45, 2.75) is 25.4 Å². The number of ether oxygens (including phenoxy) is 1. The maximum Gasteiger partial charge on any atom is 0.328 e. The van der Waals surface area contributed by atoms with Gasteiger partial charge in [-0.15, -0.1) is 0 Å². The van der Waals surface area contributed by atoms with Crippen LogP contribution in [0.25, 0.3) is 0 Å². The van der Waals surface area contributed by atoms with Gasteiger partial charge in [0.1, 0.15) is 11.6 Å². The highest BCUT2D eigenvalue weighted by Gasteiger charge is 2.34. The van der Waals surface area contributed by atoms with Crippen LogP contribution in [0.3, 0.4) is 0 Å². The van der Waals surface area contributed by atoms with Crippen LogP contribution in [0.1, 0.15) is 24.9 Å². The minimum atomic E-state index is -1.25. The maximum atomic E-state index is 14.0. The third-order valence-corrected chi connectivity index (χ3v) is 3.84. The summed E-state index contributed by atoms with van der Waals surface area (Å²) in [5.74, 6) is -4.25. The van der Waals surface area contributed by atoms with Gasteiger partial charge in [-0.1, -0.05) is 6.07 Å². The Labute approximate surface area is 142 Å². The first-order valence-corrected chi connectivity index (χ1v) is 7.62. The molecule has 2 N–H and O–H groups in total. The second kappa shape index (κ2) is 8.02. The summed E-state index contributed by atoms with van der Waals surface area (Å²) in [6.45, 7) is 1.20. The van der Waals surface area contributed by atoms with Crippen LogP contribution in [0.5, 0.6) is 0 Å². The number of halogens is 2. The monoisotopic (exact) mass is 356 g/mol. The number of amides is 2. The molecule has 1 aliphatic heterocycles. The molecule has 7 nitrogen and oxygen atoms in total. The van der Waals surface area contributed by atoms with Crippen molar-refractivity contribution in [1.82, 2.24) is 10.2 Å². The van der Waals surface area contributed by atoms with Crippen molar-refractivity contribution in [3.63, 3.8) is 0 Å². The molecule has 0 bridgehead atoms. The van der Waals surface area contributed by atoms with E-state index in [0.29, 0.717) is 0 Å². The largest absolute Gasteiger partial charge is 0.480 e. The van der Waals surface area contributed by atoms with Crippen LogP contribution in [0.2, 0.25) is 0 Å². The lowest BCUT2D eigenvalue weighted by Crippen LogP contribution is -2.53. The molecule has 136 valence electrons. The fraction of sp³-hybridized carbons (Fsp3) is 0.438. The summed E-state index contributed by atoms with van der Waals surface area (Å²) in [6, 6.07) is 0.788. The Morgan fingerprint density at radius 1 is 1.36 bits per heavy atom. The number of nitrogens with zero attached hydrogens (tertiary/aromatic N) is 1. The summed E-state index contributed by atoms with van der Waals surface area (Å²) in [5, 5.41) is 11.5. The summed E-state index contributed by atoms with van der Waals surface area (Å²) in [6.07, 6.45) is -0.471. The predicted molar refractivity (Wildman–Crippen MR) is 81.5 cm³/mol. The minimum absolute atomic E-state index is 0.0440. The Balaban J connectivity index is 2.26. The number of carboxylic acid groups (broad SMARTS) is 1. The minimum Gasteiger partial charge on any atom is -0.480 e. The lowest BCUT2D eigenvalue weighted by molar-refractivity contribution is -0.158. The van der Waals surface area contributed by atoms with E-state index in [2.05, 4.69) is 5.32 Å². The van der Waals surface area contributed by atoms with E-state index in [1.807, 2.05) is 0 Å². The van der Waals surface area contributed by atoms with E-state index in [0.717, 1.165) is 24.0 Å². The summed E-state index contributed by atoms with van der Waals surface area (Å²) in [7, 11) is 0. The topological polar surface area (TPSA) is 95.9 Å². The average molecular weight is 356 g/mol. The zero-order chi connectivity index (χ0) is 18.6. The van der Waals surface area contributed by atoms with Crippen molar-refractivity contribution in [3.8, 4) is 0 Å². The second-order valence-corrected chi connectivity index (χ2v) is 5.61. The number of carbonyl (C=O) groups is 3. The molecule has 25 heavy (non-hydrogen) atoms. The molecule has 0 aliphatic carbocycles. The molecule has 0 radical (unpaired) electrons. The molecule has 1 saturated heterocycles. The van der Waals surface area contributed by atoms with E-state index >= 15 is 0 Å². The van der Waals surface area contributed by atoms with E-state index in [9.17, 15) is 28.3 Å². The molecule has 1 aliphatic rings. The number of carbonyl (C=O) groups excluding carboxylic acids is 2. The first kappa shape index (κ1) is 18.8. The van der Waals surface area contributed by atoms with Crippen LogP contribution >= 0.6 is 0 Å². The standard InChI is InChI=1S/C16H18F2N2O5/c1-9(21)19-12(15-10(17)3-2-4-11(15)18)7-14(22)20-5-6-25-8-13(20)16(23)24/h2-4,12-13H,5-8H2,1H3,(H,19,21)(H,23,24). The number of benzene rings is 1. The lowest BCUT2D eigenvalue weighted by Gasteiger charge is -2.34. The van der Waals surface area contributed by atoms with E-state index in [1.54, 1.807) is 0 Å². The van der Waals surface area contributed by atoms with Gasteiger partial charge in [0.05, 0.1) is 25.7 Å². The SMILES string of the molecule is CC(=O)NC(CC(=O)N1CCOCC1C(=O)O)c1c(F)cccc1F. The fourth-order valence-corrected chi connectivity index (χ4v) is 2.71. The number of aliphatic carboxylic acids is 1. The molecular formula is C16H18F2N2O5. The van der Waals surface area contributed by atoms with Crippen LogP contribution in [-0.4, -0.2) is 53.6 Å². The van der Waals surface area contributed by atoms with Gasteiger partial charge in [-0.25, -0.2) is 13.6 Å². The number of hydrogen-bond donors (Lipinski definition) is 2. The molecule has 0 aromatic heterocycles. The van der Waals surface area contributed by atoms with Crippen molar-refractivity contribution in [2.24, 2.45) is 0 Å². The molecule has 1 aromatic carbocycles. The third kappa shape index (κ3) is 4.50. The molecule has 2 amide bonds. The van der Waals surface area contributed by atoms with E-state index in [4.69, 9.17) is 4.74 Å². The Morgan fingerprint density at radius 2 is 2.00 bits per heavy atom. The number of nitrogens with one attached hydrogen (secondary N) is 1. The van der Waals surface area contributed by atoms with E-state index in [-0.39, 0.29) is 19.8 Å². The Hall–Kier alpha value is -2.55. The summed E-state index contributed by atoms with van der Waals surface area (Å²) in [4.78, 5) is 36.2. The third-order valence-electron chi connectivity index (χ3n) is 3.84. The van der Waals surface area contributed by atoms with Crippen LogP contribution in [-0.2, 0) is 19.1 Å². The first-order valence-electron chi connectivity index (χ1n) is 7.62. The molecule has 1 heterocycles. The molecule has 0 spiro atoms. The van der Waals surface area contributed by atoms with Crippen molar-refractivity contribution in [2.75, 3.05) is 19.8 Å². The fourth-order valence-electron chi connectivity index (χ4n) is 2.71. The van der Waals surface area contributed by atoms with Crippen molar-refractivity contribution < 1.29 is 33.0 Å². The van der Waals surface area contributed by atoms with Crippen LogP contribution in [0, 0.1) is 11.6 Å². The summed E-state index contributed by atoms with van der Waals surface area (Å²) >= 11 is 0. The van der Waals surface area contributed by atoms with Gasteiger partial charge in [0.15, 0.2) is 6.04 Å². The smallest absolute Gasteiger partial charge is 0.328 e. The number of hydrogen-bond acceptors (Lipinski definition) is 4. The van der Waals surface area contributed by atoms with Gasteiger partial charge in [-0.2, -0.15) is 0 Å². The lowest BCUT2D eigenvalue weighted by atomic mass is 10.0. The number of carboxylic acids is 1. The summed E-state index contributed by atoms with van der Waals surface area (Å²) in [5.41, 5.74) is -0.439. The molecule has 1 aromatic rings. The molecule has 2 unspecified atom stereocenters. The Bertz CT molecular complexity index is 662. The molecular weight excluding hydrogens is 338 g/mol. The van der Waals surface area contributed by atoms with Gasteiger partial charge in [0, 0.05) is 19.0 Å².